The second-order valence-electron chi connectivity index (χ2n) is 4.21. The predicted molar refractivity (Wildman–Crippen MR) is 72.1 cm³/mol. The minimum atomic E-state index is -3.44. The Morgan fingerprint density at radius 2 is 1.95 bits per heavy atom. The molecule has 0 bridgehead atoms. The van der Waals surface area contributed by atoms with E-state index in [1.807, 2.05) is 13.0 Å². The van der Waals surface area contributed by atoms with Crippen molar-refractivity contribution in [3.8, 4) is 0 Å². The lowest BCUT2D eigenvalue weighted by atomic mass is 10.2. The summed E-state index contributed by atoms with van der Waals surface area (Å²) in [5, 5.41) is 0. The number of benzene rings is 1. The van der Waals surface area contributed by atoms with Crippen LogP contribution in [0.4, 0.5) is 0 Å². The average Bonchev–Trinajstić information content (AvgIpc) is 2.40. The normalized spacial score (nSPS) is 11.4. The monoisotopic (exact) mass is 277 g/mol. The summed E-state index contributed by atoms with van der Waals surface area (Å²) >= 11 is 0. The van der Waals surface area contributed by atoms with E-state index in [1.54, 1.807) is 30.6 Å². The number of aryl methyl sites for hydroxylation is 1. The number of aromatic nitrogens is 2. The minimum absolute atomic E-state index is 0.289. The van der Waals surface area contributed by atoms with E-state index < -0.39 is 10.0 Å². The Kier molecular flexibility index (Phi) is 4.24. The quantitative estimate of drug-likeness (QED) is 0.894. The highest BCUT2D eigenvalue weighted by Crippen LogP contribution is 2.10. The highest BCUT2D eigenvalue weighted by molar-refractivity contribution is 7.89. The van der Waals surface area contributed by atoms with Gasteiger partial charge >= 0.3 is 0 Å². The van der Waals surface area contributed by atoms with E-state index in [1.165, 1.54) is 6.33 Å². The maximum absolute atomic E-state index is 12.0. The fourth-order valence-electron chi connectivity index (χ4n) is 1.65. The first kappa shape index (κ1) is 13.6. The molecule has 1 heterocycles. The van der Waals surface area contributed by atoms with Gasteiger partial charge in [0.25, 0.3) is 0 Å². The molecule has 0 aliphatic carbocycles. The van der Waals surface area contributed by atoms with E-state index in [4.69, 9.17) is 0 Å². The van der Waals surface area contributed by atoms with E-state index in [0.717, 1.165) is 11.1 Å². The molecule has 2 rings (SSSR count). The fourth-order valence-corrected chi connectivity index (χ4v) is 2.79. The standard InChI is InChI=1S/C13H15N3O2S/c1-11-3-2-4-13(7-11)19(17,18)16-6-5-12-8-14-10-15-9-12/h2-4,7-10,16H,5-6H2,1H3. The van der Waals surface area contributed by atoms with Crippen LogP contribution in [0.3, 0.4) is 0 Å². The number of rotatable bonds is 5. The van der Waals surface area contributed by atoms with Gasteiger partial charge in [-0.05, 0) is 36.6 Å². The molecule has 0 atom stereocenters. The second kappa shape index (κ2) is 5.90. The molecule has 1 aromatic heterocycles. The van der Waals surface area contributed by atoms with E-state index in [0.29, 0.717) is 13.0 Å². The molecule has 1 N–H and O–H groups in total. The average molecular weight is 277 g/mol. The summed E-state index contributed by atoms with van der Waals surface area (Å²) in [6.45, 7) is 2.18. The van der Waals surface area contributed by atoms with Crippen LogP contribution in [-0.2, 0) is 16.4 Å². The van der Waals surface area contributed by atoms with Crippen LogP contribution in [0.15, 0.2) is 47.9 Å². The molecule has 19 heavy (non-hydrogen) atoms. The van der Waals surface area contributed by atoms with Crippen molar-refractivity contribution in [3.63, 3.8) is 0 Å². The van der Waals surface area contributed by atoms with E-state index in [9.17, 15) is 8.42 Å². The number of hydrogen-bond donors (Lipinski definition) is 1. The van der Waals surface area contributed by atoms with Crippen molar-refractivity contribution in [2.45, 2.75) is 18.2 Å². The molecular formula is C13H15N3O2S. The van der Waals surface area contributed by atoms with Crippen LogP contribution in [0, 0.1) is 6.92 Å². The van der Waals surface area contributed by atoms with Gasteiger partial charge in [0.05, 0.1) is 4.90 Å². The first-order valence-electron chi connectivity index (χ1n) is 5.88. The number of sulfonamides is 1. The molecule has 6 heteroatoms. The Morgan fingerprint density at radius 3 is 2.63 bits per heavy atom. The molecular weight excluding hydrogens is 262 g/mol. The number of nitrogens with zero attached hydrogens (tertiary/aromatic N) is 2. The first-order valence-corrected chi connectivity index (χ1v) is 7.36. The van der Waals surface area contributed by atoms with Crippen molar-refractivity contribution in [1.29, 1.82) is 0 Å². The molecule has 0 unspecified atom stereocenters. The Hall–Kier alpha value is -1.79. The Labute approximate surface area is 112 Å². The zero-order valence-corrected chi connectivity index (χ0v) is 11.4. The molecule has 0 saturated heterocycles. The Balaban J connectivity index is 1.99. The molecule has 2 aromatic rings. The molecule has 0 aliphatic heterocycles. The highest BCUT2D eigenvalue weighted by Gasteiger charge is 2.12. The lowest BCUT2D eigenvalue weighted by Gasteiger charge is -2.07. The predicted octanol–water partition coefficient (Wildman–Crippen LogP) is 1.31. The van der Waals surface area contributed by atoms with E-state index in [-0.39, 0.29) is 4.90 Å². The minimum Gasteiger partial charge on any atom is -0.245 e. The summed E-state index contributed by atoms with van der Waals surface area (Å²) in [5.41, 5.74) is 1.81. The van der Waals surface area contributed by atoms with Crippen molar-refractivity contribution in [2.24, 2.45) is 0 Å². The molecule has 0 fully saturated rings. The van der Waals surface area contributed by atoms with E-state index >= 15 is 0 Å². The maximum Gasteiger partial charge on any atom is 0.240 e. The topological polar surface area (TPSA) is 72.0 Å². The molecule has 5 nitrogen and oxygen atoms in total. The summed E-state index contributed by atoms with van der Waals surface area (Å²) in [6.07, 6.45) is 5.36. The van der Waals surface area contributed by atoms with Gasteiger partial charge in [-0.1, -0.05) is 12.1 Å². The summed E-state index contributed by atoms with van der Waals surface area (Å²) in [5.74, 6) is 0. The lowest BCUT2D eigenvalue weighted by Crippen LogP contribution is -2.26. The molecule has 100 valence electrons. The fraction of sp³-hybridized carbons (Fsp3) is 0.231. The van der Waals surface area contributed by atoms with Gasteiger partial charge in [-0.25, -0.2) is 23.1 Å². The summed E-state index contributed by atoms with van der Waals surface area (Å²) < 4.78 is 26.6. The molecule has 1 aromatic carbocycles. The third-order valence-corrected chi connectivity index (χ3v) is 4.08. The third kappa shape index (κ3) is 3.84. The van der Waals surface area contributed by atoms with Gasteiger partial charge in [0.2, 0.25) is 10.0 Å². The zero-order valence-electron chi connectivity index (χ0n) is 10.6. The van der Waals surface area contributed by atoms with Crippen LogP contribution in [0.25, 0.3) is 0 Å². The van der Waals surface area contributed by atoms with Gasteiger partial charge in [-0.3, -0.25) is 0 Å². The highest BCUT2D eigenvalue weighted by atomic mass is 32.2. The molecule has 0 amide bonds. The van der Waals surface area contributed by atoms with Gasteiger partial charge < -0.3 is 0 Å². The van der Waals surface area contributed by atoms with Gasteiger partial charge in [0, 0.05) is 18.9 Å². The van der Waals surface area contributed by atoms with Gasteiger partial charge in [-0.2, -0.15) is 0 Å². The summed E-state index contributed by atoms with van der Waals surface area (Å²) in [7, 11) is -3.44. The Bertz CT molecular complexity index is 642. The third-order valence-electron chi connectivity index (χ3n) is 2.62. The SMILES string of the molecule is Cc1cccc(S(=O)(=O)NCCc2cncnc2)c1. The van der Waals surface area contributed by atoms with Crippen LogP contribution in [0.2, 0.25) is 0 Å². The smallest absolute Gasteiger partial charge is 0.240 e. The van der Waals surface area contributed by atoms with Crippen LogP contribution in [0.5, 0.6) is 0 Å². The summed E-state index contributed by atoms with van der Waals surface area (Å²) in [6, 6.07) is 6.82. The first-order chi connectivity index (χ1) is 9.08. The van der Waals surface area contributed by atoms with Crippen molar-refractivity contribution in [3.05, 3.63) is 54.1 Å². The largest absolute Gasteiger partial charge is 0.245 e. The lowest BCUT2D eigenvalue weighted by molar-refractivity contribution is 0.581. The summed E-state index contributed by atoms with van der Waals surface area (Å²) in [4.78, 5) is 8.05. The molecule has 0 saturated carbocycles. The molecule has 0 aliphatic rings. The van der Waals surface area contributed by atoms with Crippen LogP contribution in [0.1, 0.15) is 11.1 Å². The number of nitrogens with one attached hydrogen (secondary N) is 1. The van der Waals surface area contributed by atoms with Gasteiger partial charge in [-0.15, -0.1) is 0 Å². The Morgan fingerprint density at radius 1 is 1.21 bits per heavy atom. The van der Waals surface area contributed by atoms with E-state index in [2.05, 4.69) is 14.7 Å². The van der Waals surface area contributed by atoms with Crippen molar-refractivity contribution in [1.82, 2.24) is 14.7 Å². The second-order valence-corrected chi connectivity index (χ2v) is 5.98. The van der Waals surface area contributed by atoms with Crippen molar-refractivity contribution in [2.75, 3.05) is 6.54 Å². The van der Waals surface area contributed by atoms with Gasteiger partial charge in [0.1, 0.15) is 6.33 Å². The van der Waals surface area contributed by atoms with Crippen molar-refractivity contribution < 1.29 is 8.42 Å². The zero-order chi connectivity index (χ0) is 13.7. The van der Waals surface area contributed by atoms with Crippen molar-refractivity contribution >= 4 is 10.0 Å². The van der Waals surface area contributed by atoms with Crippen LogP contribution in [-0.4, -0.2) is 24.9 Å². The molecule has 0 radical (unpaired) electrons. The maximum atomic E-state index is 12.0. The van der Waals surface area contributed by atoms with Crippen LogP contribution < -0.4 is 4.72 Å². The molecule has 0 spiro atoms. The number of hydrogen-bond acceptors (Lipinski definition) is 4. The van der Waals surface area contributed by atoms with Crippen LogP contribution >= 0.6 is 0 Å². The van der Waals surface area contributed by atoms with Gasteiger partial charge in [0.15, 0.2) is 0 Å².